The molecule has 0 amide bonds. The van der Waals surface area contributed by atoms with Gasteiger partial charge < -0.3 is 14.2 Å². The molecular weight excluding hydrogens is 250 g/mol. The fourth-order valence-electron chi connectivity index (χ4n) is 1.18. The molecule has 0 saturated heterocycles. The Kier molecular flexibility index (Phi) is 6.97. The van der Waals surface area contributed by atoms with E-state index < -0.39 is 17.7 Å². The van der Waals surface area contributed by atoms with Crippen molar-refractivity contribution in [2.24, 2.45) is 0 Å². The predicted molar refractivity (Wildman–Crippen MR) is 67.0 cm³/mol. The fourth-order valence-corrected chi connectivity index (χ4v) is 1.18. The monoisotopic (exact) mass is 267 g/mol. The summed E-state index contributed by atoms with van der Waals surface area (Å²) in [5.74, 6) is -0.656. The van der Waals surface area contributed by atoms with Crippen molar-refractivity contribution in [2.75, 3.05) is 13.2 Å². The number of carbonyl (C=O) groups excluding carboxylic acids is 2. The highest BCUT2D eigenvalue weighted by molar-refractivity contribution is 5.88. The number of esters is 1. The second-order valence-corrected chi connectivity index (χ2v) is 3.49. The van der Waals surface area contributed by atoms with E-state index in [0.717, 1.165) is 6.08 Å². The van der Waals surface area contributed by atoms with Crippen molar-refractivity contribution >= 4 is 12.1 Å². The quantitative estimate of drug-likeness (QED) is 0.399. The van der Waals surface area contributed by atoms with Crippen molar-refractivity contribution < 1.29 is 23.8 Å². The Morgan fingerprint density at radius 3 is 2.32 bits per heavy atom. The predicted octanol–water partition coefficient (Wildman–Crippen LogP) is 2.12. The van der Waals surface area contributed by atoms with Gasteiger partial charge in [0.25, 0.3) is 0 Å². The summed E-state index contributed by atoms with van der Waals surface area (Å²) in [4.78, 5) is 22.7. The van der Waals surface area contributed by atoms with Gasteiger partial charge in [-0.1, -0.05) is 13.2 Å². The highest BCUT2D eigenvalue weighted by Gasteiger charge is 2.34. The molecule has 0 spiro atoms. The van der Waals surface area contributed by atoms with Gasteiger partial charge in [0.2, 0.25) is 5.60 Å². The zero-order valence-corrected chi connectivity index (χ0v) is 11.1. The van der Waals surface area contributed by atoms with E-state index in [1.165, 1.54) is 0 Å². The summed E-state index contributed by atoms with van der Waals surface area (Å²) in [5, 5.41) is 9.11. The summed E-state index contributed by atoms with van der Waals surface area (Å²) < 4.78 is 14.2. The van der Waals surface area contributed by atoms with Crippen molar-refractivity contribution in [3.05, 3.63) is 24.8 Å². The van der Waals surface area contributed by atoms with E-state index in [2.05, 4.69) is 17.9 Å². The molecular formula is C13H17NO5. The molecule has 0 aromatic heterocycles. The number of rotatable bonds is 7. The molecule has 0 N–H and O–H groups in total. The molecule has 0 radical (unpaired) electrons. The second-order valence-electron chi connectivity index (χ2n) is 3.49. The van der Waals surface area contributed by atoms with Crippen molar-refractivity contribution in [3.8, 4) is 6.07 Å². The maximum absolute atomic E-state index is 11.4. The topological polar surface area (TPSA) is 85.6 Å². The Hall–Kier alpha value is -2.29. The summed E-state index contributed by atoms with van der Waals surface area (Å²) in [6, 6.07) is 1.77. The summed E-state index contributed by atoms with van der Waals surface area (Å²) >= 11 is 0. The third-order valence-electron chi connectivity index (χ3n) is 2.09. The molecule has 19 heavy (non-hydrogen) atoms. The average molecular weight is 267 g/mol. The van der Waals surface area contributed by atoms with Gasteiger partial charge in [-0.25, -0.2) is 9.59 Å². The summed E-state index contributed by atoms with van der Waals surface area (Å²) in [6.07, 6.45) is -0.125. The molecule has 0 aliphatic carbocycles. The molecule has 0 fully saturated rings. The first-order valence-electron chi connectivity index (χ1n) is 5.70. The Morgan fingerprint density at radius 2 is 1.89 bits per heavy atom. The van der Waals surface area contributed by atoms with Crippen LogP contribution in [0.25, 0.3) is 0 Å². The average Bonchev–Trinajstić information content (AvgIpc) is 2.38. The minimum atomic E-state index is -1.70. The molecule has 0 rings (SSSR count). The van der Waals surface area contributed by atoms with Crippen LogP contribution in [-0.2, 0) is 19.0 Å². The van der Waals surface area contributed by atoms with E-state index in [1.54, 1.807) is 19.9 Å². The molecule has 6 nitrogen and oxygen atoms in total. The lowest BCUT2D eigenvalue weighted by Crippen LogP contribution is -2.33. The number of nitriles is 1. The van der Waals surface area contributed by atoms with Crippen molar-refractivity contribution in [1.29, 1.82) is 5.26 Å². The molecule has 0 bridgehead atoms. The van der Waals surface area contributed by atoms with Gasteiger partial charge in [0.1, 0.15) is 6.07 Å². The van der Waals surface area contributed by atoms with Crippen LogP contribution < -0.4 is 0 Å². The molecule has 0 aliphatic rings. The molecule has 1 unspecified atom stereocenters. The molecule has 0 aromatic carbocycles. The van der Waals surface area contributed by atoms with Gasteiger partial charge in [-0.2, -0.15) is 5.26 Å². The normalized spacial score (nSPS) is 12.5. The minimum Gasteiger partial charge on any atom is -0.463 e. The van der Waals surface area contributed by atoms with Crippen LogP contribution in [0.2, 0.25) is 0 Å². The minimum absolute atomic E-state index is 0.00704. The van der Waals surface area contributed by atoms with Crippen LogP contribution in [0, 0.1) is 11.3 Å². The van der Waals surface area contributed by atoms with E-state index in [1.807, 2.05) is 0 Å². The molecule has 104 valence electrons. The first-order chi connectivity index (χ1) is 8.94. The number of carbonyl (C=O) groups is 2. The number of nitrogens with zero attached hydrogens (tertiary/aromatic N) is 1. The van der Waals surface area contributed by atoms with Gasteiger partial charge in [-0.15, -0.1) is 0 Å². The van der Waals surface area contributed by atoms with Gasteiger partial charge in [-0.05, 0) is 19.9 Å². The third kappa shape index (κ3) is 5.25. The van der Waals surface area contributed by atoms with Crippen LogP contribution in [0.1, 0.15) is 20.3 Å². The maximum atomic E-state index is 11.4. The smallest absolute Gasteiger partial charge is 0.463 e. The highest BCUT2D eigenvalue weighted by atomic mass is 16.7. The summed E-state index contributed by atoms with van der Waals surface area (Å²) in [7, 11) is 0. The zero-order chi connectivity index (χ0) is 14.9. The Bertz CT molecular complexity index is 410. The van der Waals surface area contributed by atoms with E-state index in [-0.39, 0.29) is 25.2 Å². The Labute approximate surface area is 112 Å². The van der Waals surface area contributed by atoms with Gasteiger partial charge in [0.15, 0.2) is 0 Å². The van der Waals surface area contributed by atoms with Crippen LogP contribution in [0.5, 0.6) is 0 Å². The fraction of sp³-hybridized carbons (Fsp3) is 0.462. The van der Waals surface area contributed by atoms with Crippen molar-refractivity contribution in [2.45, 2.75) is 25.9 Å². The van der Waals surface area contributed by atoms with Crippen LogP contribution >= 0.6 is 0 Å². The largest absolute Gasteiger partial charge is 0.510 e. The van der Waals surface area contributed by atoms with E-state index >= 15 is 0 Å². The lowest BCUT2D eigenvalue weighted by atomic mass is 9.96. The number of ether oxygens (including phenoxy) is 3. The lowest BCUT2D eigenvalue weighted by Gasteiger charge is -2.22. The number of hydrogen-bond donors (Lipinski definition) is 0. The molecule has 0 saturated carbocycles. The van der Waals surface area contributed by atoms with Crippen LogP contribution in [0.3, 0.4) is 0 Å². The molecule has 0 aromatic rings. The van der Waals surface area contributed by atoms with Gasteiger partial charge in [0, 0.05) is 12.0 Å². The SMILES string of the molecule is C=CC(C#N)(CC(=C)C(=O)OCC)OC(=O)OCC. The highest BCUT2D eigenvalue weighted by Crippen LogP contribution is 2.23. The first kappa shape index (κ1) is 16.7. The second kappa shape index (κ2) is 7.93. The Morgan fingerprint density at radius 1 is 1.32 bits per heavy atom. The molecule has 0 heterocycles. The van der Waals surface area contributed by atoms with E-state index in [0.29, 0.717) is 0 Å². The number of hydrogen-bond acceptors (Lipinski definition) is 6. The third-order valence-corrected chi connectivity index (χ3v) is 2.09. The maximum Gasteiger partial charge on any atom is 0.510 e. The Balaban J connectivity index is 4.86. The van der Waals surface area contributed by atoms with Gasteiger partial charge in [-0.3, -0.25) is 0 Å². The standard InChI is InChI=1S/C13H17NO5/c1-5-13(9-14,19-12(16)18-7-3)8-10(4)11(15)17-6-2/h5H,1,4,6-8H2,2-3H3. The lowest BCUT2D eigenvalue weighted by molar-refractivity contribution is -0.139. The first-order valence-corrected chi connectivity index (χ1v) is 5.70. The van der Waals surface area contributed by atoms with Crippen LogP contribution in [-0.4, -0.2) is 30.9 Å². The van der Waals surface area contributed by atoms with Gasteiger partial charge in [0.05, 0.1) is 13.2 Å². The van der Waals surface area contributed by atoms with Crippen molar-refractivity contribution in [3.63, 3.8) is 0 Å². The molecule has 6 heteroatoms. The van der Waals surface area contributed by atoms with Gasteiger partial charge >= 0.3 is 12.1 Å². The summed E-state index contributed by atoms with van der Waals surface area (Å²) in [6.45, 7) is 10.5. The van der Waals surface area contributed by atoms with Crippen LogP contribution in [0.4, 0.5) is 4.79 Å². The van der Waals surface area contributed by atoms with E-state index in [9.17, 15) is 9.59 Å². The zero-order valence-electron chi connectivity index (χ0n) is 11.1. The van der Waals surface area contributed by atoms with Crippen molar-refractivity contribution in [1.82, 2.24) is 0 Å². The van der Waals surface area contributed by atoms with E-state index in [4.69, 9.17) is 14.7 Å². The summed E-state index contributed by atoms with van der Waals surface area (Å²) in [5.41, 5.74) is -1.69. The molecule has 0 aliphatic heterocycles. The molecule has 1 atom stereocenters. The van der Waals surface area contributed by atoms with Crippen LogP contribution in [0.15, 0.2) is 24.8 Å².